The van der Waals surface area contributed by atoms with Crippen LogP contribution in [-0.4, -0.2) is 36.2 Å². The number of nitrogens with zero attached hydrogens (tertiary/aromatic N) is 1. The van der Waals surface area contributed by atoms with E-state index in [1.165, 1.54) is 0 Å². The molecule has 0 aromatic rings. The lowest BCUT2D eigenvalue weighted by Crippen LogP contribution is -2.44. The first kappa shape index (κ1) is 10.9. The number of primary amides is 1. The normalized spacial score (nSPS) is 18.6. The van der Waals surface area contributed by atoms with Gasteiger partial charge in [0.2, 0.25) is 5.91 Å². The standard InChI is InChI=1S/C8H12F2N2O2/c9-6(10)8(14)12-3-1-5(2-4-12)7(11)13/h5-6H,1-4H2,(H2,11,13). The van der Waals surface area contributed by atoms with Gasteiger partial charge in [-0.15, -0.1) is 0 Å². The summed E-state index contributed by atoms with van der Waals surface area (Å²) in [6, 6.07) is 0. The number of hydrogen-bond acceptors (Lipinski definition) is 2. The summed E-state index contributed by atoms with van der Waals surface area (Å²) in [5.41, 5.74) is 5.06. The second kappa shape index (κ2) is 4.34. The molecule has 0 unspecified atom stereocenters. The molecule has 1 rings (SSSR count). The molecule has 0 saturated carbocycles. The Labute approximate surface area is 80.0 Å². The van der Waals surface area contributed by atoms with Crippen LogP contribution < -0.4 is 5.73 Å². The van der Waals surface area contributed by atoms with E-state index in [4.69, 9.17) is 5.73 Å². The van der Waals surface area contributed by atoms with Gasteiger partial charge >= 0.3 is 6.43 Å². The van der Waals surface area contributed by atoms with E-state index < -0.39 is 18.2 Å². The lowest BCUT2D eigenvalue weighted by atomic mass is 9.96. The number of carbonyl (C=O) groups excluding carboxylic acids is 2. The highest BCUT2D eigenvalue weighted by Crippen LogP contribution is 2.17. The minimum Gasteiger partial charge on any atom is -0.369 e. The zero-order valence-corrected chi connectivity index (χ0v) is 7.58. The molecule has 2 N–H and O–H groups in total. The first-order valence-electron chi connectivity index (χ1n) is 4.38. The van der Waals surface area contributed by atoms with Gasteiger partial charge in [-0.25, -0.2) is 0 Å². The van der Waals surface area contributed by atoms with Crippen LogP contribution in [0.3, 0.4) is 0 Å². The Morgan fingerprint density at radius 2 is 1.79 bits per heavy atom. The highest BCUT2D eigenvalue weighted by Gasteiger charge is 2.29. The third-order valence-corrected chi connectivity index (χ3v) is 2.40. The smallest absolute Gasteiger partial charge is 0.315 e. The summed E-state index contributed by atoms with van der Waals surface area (Å²) in [6.45, 7) is 0.382. The van der Waals surface area contributed by atoms with E-state index in [2.05, 4.69) is 0 Å². The predicted octanol–water partition coefficient (Wildman–Crippen LogP) is -0.0246. The number of rotatable bonds is 2. The number of carbonyl (C=O) groups is 2. The molecular weight excluding hydrogens is 194 g/mol. The molecule has 1 aliphatic rings. The Bertz CT molecular complexity index is 237. The van der Waals surface area contributed by atoms with Gasteiger partial charge in [0.05, 0.1) is 0 Å². The van der Waals surface area contributed by atoms with E-state index in [1.54, 1.807) is 0 Å². The molecule has 14 heavy (non-hydrogen) atoms. The average molecular weight is 206 g/mol. The Kier molecular flexibility index (Phi) is 3.38. The SMILES string of the molecule is NC(=O)C1CCN(C(=O)C(F)F)CC1. The van der Waals surface area contributed by atoms with E-state index in [0.29, 0.717) is 12.8 Å². The quantitative estimate of drug-likeness (QED) is 0.689. The zero-order valence-electron chi connectivity index (χ0n) is 7.58. The number of hydrogen-bond donors (Lipinski definition) is 1. The molecule has 0 aliphatic carbocycles. The van der Waals surface area contributed by atoms with Crippen LogP contribution >= 0.6 is 0 Å². The monoisotopic (exact) mass is 206 g/mol. The molecule has 0 aromatic carbocycles. The Morgan fingerprint density at radius 1 is 1.29 bits per heavy atom. The second-order valence-electron chi connectivity index (χ2n) is 3.30. The summed E-state index contributed by atoms with van der Waals surface area (Å²) in [4.78, 5) is 22.6. The van der Waals surface area contributed by atoms with Gasteiger partial charge < -0.3 is 10.6 Å². The fraction of sp³-hybridized carbons (Fsp3) is 0.750. The first-order valence-corrected chi connectivity index (χ1v) is 4.38. The van der Waals surface area contributed by atoms with Crippen molar-refractivity contribution in [3.05, 3.63) is 0 Å². The Balaban J connectivity index is 2.43. The van der Waals surface area contributed by atoms with Gasteiger partial charge in [-0.2, -0.15) is 8.78 Å². The summed E-state index contributed by atoms with van der Waals surface area (Å²) in [6.07, 6.45) is -2.19. The minimum absolute atomic E-state index is 0.191. The van der Waals surface area contributed by atoms with Crippen molar-refractivity contribution in [2.45, 2.75) is 19.3 Å². The lowest BCUT2D eigenvalue weighted by molar-refractivity contribution is -0.145. The molecule has 0 aromatic heterocycles. The van der Waals surface area contributed by atoms with Crippen LogP contribution in [0.5, 0.6) is 0 Å². The fourth-order valence-electron chi connectivity index (χ4n) is 1.52. The average Bonchev–Trinajstić information content (AvgIpc) is 2.16. The predicted molar refractivity (Wildman–Crippen MR) is 44.5 cm³/mol. The molecule has 0 bridgehead atoms. The molecule has 1 saturated heterocycles. The number of nitrogens with two attached hydrogens (primary N) is 1. The third kappa shape index (κ3) is 2.40. The number of alkyl halides is 2. The summed E-state index contributed by atoms with van der Waals surface area (Å²) < 4.78 is 24.0. The number of halogens is 2. The van der Waals surface area contributed by atoms with Crippen molar-refractivity contribution in [1.29, 1.82) is 0 Å². The molecule has 2 amide bonds. The Morgan fingerprint density at radius 3 is 2.14 bits per heavy atom. The number of likely N-dealkylation sites (tertiary alicyclic amines) is 1. The summed E-state index contributed by atoms with van der Waals surface area (Å²) in [5.74, 6) is -1.86. The maximum Gasteiger partial charge on any atom is 0.315 e. The largest absolute Gasteiger partial charge is 0.369 e. The number of amides is 2. The van der Waals surface area contributed by atoms with Gasteiger partial charge in [0.25, 0.3) is 5.91 Å². The van der Waals surface area contributed by atoms with Gasteiger partial charge in [-0.05, 0) is 12.8 Å². The fourth-order valence-corrected chi connectivity index (χ4v) is 1.52. The molecule has 4 nitrogen and oxygen atoms in total. The van der Waals surface area contributed by atoms with Crippen LogP contribution in [0.4, 0.5) is 8.78 Å². The highest BCUT2D eigenvalue weighted by atomic mass is 19.3. The van der Waals surface area contributed by atoms with Gasteiger partial charge in [0.15, 0.2) is 0 Å². The molecule has 6 heteroatoms. The molecule has 0 atom stereocenters. The van der Waals surface area contributed by atoms with Crippen LogP contribution in [0, 0.1) is 5.92 Å². The van der Waals surface area contributed by atoms with Crippen molar-refractivity contribution in [1.82, 2.24) is 4.90 Å². The molecule has 1 heterocycles. The van der Waals surface area contributed by atoms with Crippen molar-refractivity contribution >= 4 is 11.8 Å². The molecule has 1 fully saturated rings. The lowest BCUT2D eigenvalue weighted by Gasteiger charge is -2.30. The van der Waals surface area contributed by atoms with Gasteiger partial charge in [-0.1, -0.05) is 0 Å². The minimum atomic E-state index is -2.96. The summed E-state index contributed by atoms with van der Waals surface area (Å²) in [5, 5.41) is 0. The van der Waals surface area contributed by atoms with Crippen molar-refractivity contribution in [3.63, 3.8) is 0 Å². The highest BCUT2D eigenvalue weighted by molar-refractivity contribution is 5.80. The second-order valence-corrected chi connectivity index (χ2v) is 3.30. The molecule has 0 spiro atoms. The van der Waals surface area contributed by atoms with Crippen molar-refractivity contribution in [2.24, 2.45) is 11.7 Å². The molecule has 1 aliphatic heterocycles. The zero-order chi connectivity index (χ0) is 10.7. The van der Waals surface area contributed by atoms with Crippen LogP contribution in [0.1, 0.15) is 12.8 Å². The maximum absolute atomic E-state index is 12.0. The van der Waals surface area contributed by atoms with Crippen molar-refractivity contribution < 1.29 is 18.4 Å². The molecular formula is C8H12F2N2O2. The van der Waals surface area contributed by atoms with E-state index in [9.17, 15) is 18.4 Å². The van der Waals surface area contributed by atoms with Crippen molar-refractivity contribution in [3.8, 4) is 0 Å². The van der Waals surface area contributed by atoms with Crippen LogP contribution in [-0.2, 0) is 9.59 Å². The van der Waals surface area contributed by atoms with E-state index in [0.717, 1.165) is 4.90 Å². The summed E-state index contributed by atoms with van der Waals surface area (Å²) >= 11 is 0. The summed E-state index contributed by atoms with van der Waals surface area (Å²) in [7, 11) is 0. The van der Waals surface area contributed by atoms with Gasteiger partial charge in [-0.3, -0.25) is 9.59 Å². The van der Waals surface area contributed by atoms with E-state index >= 15 is 0 Å². The van der Waals surface area contributed by atoms with Crippen molar-refractivity contribution in [2.75, 3.05) is 13.1 Å². The van der Waals surface area contributed by atoms with Gasteiger partial charge in [0, 0.05) is 19.0 Å². The van der Waals surface area contributed by atoms with E-state index in [1.807, 2.05) is 0 Å². The van der Waals surface area contributed by atoms with Crippen LogP contribution in [0.15, 0.2) is 0 Å². The van der Waals surface area contributed by atoms with E-state index in [-0.39, 0.29) is 19.0 Å². The Hall–Kier alpha value is -1.20. The number of piperidine rings is 1. The molecule has 0 radical (unpaired) electrons. The molecule has 80 valence electrons. The topological polar surface area (TPSA) is 63.4 Å². The maximum atomic E-state index is 12.0. The van der Waals surface area contributed by atoms with Crippen LogP contribution in [0.2, 0.25) is 0 Å². The third-order valence-electron chi connectivity index (χ3n) is 2.40. The van der Waals surface area contributed by atoms with Gasteiger partial charge in [0.1, 0.15) is 0 Å². The van der Waals surface area contributed by atoms with Crippen LogP contribution in [0.25, 0.3) is 0 Å². The first-order chi connectivity index (χ1) is 6.52.